The molecule has 12 heteroatoms. The molecule has 12 nitrogen and oxygen atoms in total. The molecule has 40 heavy (non-hydrogen) atoms. The molecule has 0 fully saturated rings. The van der Waals surface area contributed by atoms with Crippen LogP contribution in [0.25, 0.3) is 21.8 Å². The summed E-state index contributed by atoms with van der Waals surface area (Å²) in [6.07, 6.45) is -1.08. The van der Waals surface area contributed by atoms with Crippen molar-refractivity contribution in [3.63, 3.8) is 0 Å². The molecular formula is C28H30N4O8. The number of nitrogens with one attached hydrogen (secondary N) is 4. The van der Waals surface area contributed by atoms with E-state index in [4.69, 9.17) is 9.47 Å². The number of hydrogen-bond acceptors (Lipinski definition) is 8. The van der Waals surface area contributed by atoms with Crippen molar-refractivity contribution >= 4 is 45.6 Å². The van der Waals surface area contributed by atoms with Gasteiger partial charge in [-0.3, -0.25) is 9.59 Å². The molecule has 0 aliphatic rings. The number of aliphatic hydroxyl groups is 2. The van der Waals surface area contributed by atoms with Gasteiger partial charge in [0.2, 0.25) is 0 Å². The Morgan fingerprint density at radius 3 is 1.45 bits per heavy atom. The lowest BCUT2D eigenvalue weighted by atomic mass is 10.0. The molecular weight excluding hydrogens is 520 g/mol. The molecule has 2 aromatic heterocycles. The maximum atomic E-state index is 12.8. The molecule has 4 atom stereocenters. The first-order valence-corrected chi connectivity index (χ1v) is 12.5. The molecule has 4 rings (SSSR count). The Morgan fingerprint density at radius 2 is 1.07 bits per heavy atom. The lowest BCUT2D eigenvalue weighted by Gasteiger charge is -2.23. The van der Waals surface area contributed by atoms with Crippen molar-refractivity contribution in [3.05, 3.63) is 72.1 Å². The summed E-state index contributed by atoms with van der Waals surface area (Å²) >= 11 is 0. The van der Waals surface area contributed by atoms with Gasteiger partial charge in [0.15, 0.2) is 12.2 Å². The van der Waals surface area contributed by atoms with E-state index in [0.29, 0.717) is 11.1 Å². The molecule has 2 heterocycles. The third kappa shape index (κ3) is 6.14. The van der Waals surface area contributed by atoms with Crippen LogP contribution < -0.4 is 10.6 Å². The smallest absolute Gasteiger partial charge is 0.328 e. The van der Waals surface area contributed by atoms with Gasteiger partial charge in [-0.25, -0.2) is 9.59 Å². The summed E-state index contributed by atoms with van der Waals surface area (Å²) in [6, 6.07) is 12.3. The zero-order chi connectivity index (χ0) is 28.8. The fraction of sp³-hybridized carbons (Fsp3) is 0.286. The monoisotopic (exact) mass is 550 g/mol. The molecule has 6 N–H and O–H groups in total. The molecule has 2 aromatic carbocycles. The predicted octanol–water partition coefficient (Wildman–Crippen LogP) is 0.472. The normalized spacial score (nSPS) is 14.2. The zero-order valence-electron chi connectivity index (χ0n) is 21.8. The number of aliphatic hydroxyl groups excluding tert-OH is 2. The topological polar surface area (TPSA) is 183 Å². The number of para-hydroxylation sites is 2. The highest BCUT2D eigenvalue weighted by Gasteiger charge is 2.35. The number of aromatic amines is 2. The Morgan fingerprint density at radius 1 is 0.700 bits per heavy atom. The van der Waals surface area contributed by atoms with Crippen molar-refractivity contribution < 1.29 is 38.9 Å². The summed E-state index contributed by atoms with van der Waals surface area (Å²) < 4.78 is 9.58. The van der Waals surface area contributed by atoms with E-state index in [0.717, 1.165) is 36.0 Å². The number of amides is 2. The lowest BCUT2D eigenvalue weighted by Crippen LogP contribution is -2.55. The van der Waals surface area contributed by atoms with E-state index < -0.39 is 48.0 Å². The molecule has 210 valence electrons. The van der Waals surface area contributed by atoms with Gasteiger partial charge in [0.25, 0.3) is 11.8 Å². The van der Waals surface area contributed by atoms with Gasteiger partial charge in [-0.1, -0.05) is 36.4 Å². The van der Waals surface area contributed by atoms with Crippen LogP contribution in [0.5, 0.6) is 0 Å². The first kappa shape index (κ1) is 28.3. The largest absolute Gasteiger partial charge is 0.467 e. The van der Waals surface area contributed by atoms with Crippen molar-refractivity contribution in [1.82, 2.24) is 20.6 Å². The second-order valence-electron chi connectivity index (χ2n) is 9.19. The van der Waals surface area contributed by atoms with Crippen LogP contribution in [0, 0.1) is 0 Å². The highest BCUT2D eigenvalue weighted by atomic mass is 16.5. The van der Waals surface area contributed by atoms with Crippen LogP contribution in [0.15, 0.2) is 60.9 Å². The zero-order valence-corrected chi connectivity index (χ0v) is 21.8. The van der Waals surface area contributed by atoms with E-state index in [1.165, 1.54) is 0 Å². The van der Waals surface area contributed by atoms with Crippen LogP contribution in [-0.4, -0.2) is 82.4 Å². The third-order valence-corrected chi connectivity index (χ3v) is 6.64. The minimum atomic E-state index is -2.25. The highest BCUT2D eigenvalue weighted by Crippen LogP contribution is 2.21. The fourth-order valence-corrected chi connectivity index (χ4v) is 4.51. The number of hydrogen-bond donors (Lipinski definition) is 6. The average molecular weight is 551 g/mol. The Bertz CT molecular complexity index is 1410. The van der Waals surface area contributed by atoms with Crippen molar-refractivity contribution in [2.45, 2.75) is 37.1 Å². The SMILES string of the molecule is COC(=O)[C@H](Cc1c[nH]c2ccccc12)NC(=O)[C@@H](O)[C@H](O)C(=O)N[C@@H](Cc1c[nH]c2ccccc12)C(=O)OC. The van der Waals surface area contributed by atoms with Crippen LogP contribution in [0.2, 0.25) is 0 Å². The summed E-state index contributed by atoms with van der Waals surface area (Å²) in [4.78, 5) is 56.5. The number of carbonyl (C=O) groups excluding carboxylic acids is 4. The third-order valence-electron chi connectivity index (χ3n) is 6.64. The molecule has 4 aromatic rings. The minimum Gasteiger partial charge on any atom is -0.467 e. The van der Waals surface area contributed by atoms with Gasteiger partial charge in [-0.2, -0.15) is 0 Å². The number of methoxy groups -OCH3 is 2. The quantitative estimate of drug-likeness (QED) is 0.146. The molecule has 0 aliphatic heterocycles. The number of rotatable bonds is 11. The van der Waals surface area contributed by atoms with Crippen molar-refractivity contribution in [2.24, 2.45) is 0 Å². The summed E-state index contributed by atoms with van der Waals surface area (Å²) in [5.74, 6) is -3.92. The first-order chi connectivity index (χ1) is 19.2. The molecule has 0 aliphatic carbocycles. The lowest BCUT2D eigenvalue weighted by molar-refractivity contribution is -0.152. The van der Waals surface area contributed by atoms with Crippen LogP contribution >= 0.6 is 0 Å². The van der Waals surface area contributed by atoms with E-state index in [2.05, 4.69) is 20.6 Å². The molecule has 0 spiro atoms. The fourth-order valence-electron chi connectivity index (χ4n) is 4.51. The van der Waals surface area contributed by atoms with Crippen molar-refractivity contribution in [3.8, 4) is 0 Å². The number of fused-ring (bicyclic) bond motifs is 2. The van der Waals surface area contributed by atoms with Crippen LogP contribution in [0.4, 0.5) is 0 Å². The highest BCUT2D eigenvalue weighted by molar-refractivity contribution is 5.95. The second kappa shape index (κ2) is 12.5. The molecule has 0 unspecified atom stereocenters. The molecule has 0 saturated heterocycles. The summed E-state index contributed by atoms with van der Waals surface area (Å²) in [6.45, 7) is 0. The average Bonchev–Trinajstić information content (AvgIpc) is 3.58. The number of carbonyl (C=O) groups is 4. The number of benzene rings is 2. The first-order valence-electron chi connectivity index (χ1n) is 12.5. The molecule has 2 amide bonds. The Labute approximate surface area is 228 Å². The van der Waals surface area contributed by atoms with E-state index >= 15 is 0 Å². The van der Waals surface area contributed by atoms with Crippen LogP contribution in [0.1, 0.15) is 11.1 Å². The summed E-state index contributed by atoms with van der Waals surface area (Å²) in [5.41, 5.74) is 3.06. The summed E-state index contributed by atoms with van der Waals surface area (Å²) in [5, 5.41) is 27.3. The van der Waals surface area contributed by atoms with Crippen molar-refractivity contribution in [2.75, 3.05) is 14.2 Å². The van der Waals surface area contributed by atoms with Gasteiger partial charge in [-0.15, -0.1) is 0 Å². The summed E-state index contributed by atoms with van der Waals surface area (Å²) in [7, 11) is 2.30. The van der Waals surface area contributed by atoms with E-state index in [-0.39, 0.29) is 12.8 Å². The molecule has 0 radical (unpaired) electrons. The van der Waals surface area contributed by atoms with Gasteiger partial charge >= 0.3 is 11.9 Å². The number of aromatic nitrogens is 2. The Kier molecular flexibility index (Phi) is 8.82. The Balaban J connectivity index is 1.43. The molecule has 0 bridgehead atoms. The predicted molar refractivity (Wildman–Crippen MR) is 144 cm³/mol. The van der Waals surface area contributed by atoms with Crippen LogP contribution in [-0.2, 0) is 41.5 Å². The minimum absolute atomic E-state index is 0.0203. The van der Waals surface area contributed by atoms with Crippen molar-refractivity contribution in [1.29, 1.82) is 0 Å². The maximum absolute atomic E-state index is 12.8. The number of ether oxygens (including phenoxy) is 2. The maximum Gasteiger partial charge on any atom is 0.328 e. The van der Waals surface area contributed by atoms with Gasteiger partial charge in [0, 0.05) is 47.0 Å². The van der Waals surface area contributed by atoms with Gasteiger partial charge in [-0.05, 0) is 23.3 Å². The standard InChI is InChI=1S/C28H30N4O8/c1-39-27(37)21(11-15-13-29-19-9-5-3-7-17(15)19)31-25(35)23(33)24(34)26(36)32-22(28(38)40-2)12-16-14-30-20-10-6-4-8-18(16)20/h3-10,13-14,21-24,29-30,33-34H,11-12H2,1-2H3,(H,31,35)(H,32,36)/t21-,22-,23-,24-/m0/s1. The van der Waals surface area contributed by atoms with Gasteiger partial charge in [0.05, 0.1) is 14.2 Å². The van der Waals surface area contributed by atoms with Crippen LogP contribution in [0.3, 0.4) is 0 Å². The van der Waals surface area contributed by atoms with Gasteiger partial charge < -0.3 is 40.3 Å². The van der Waals surface area contributed by atoms with E-state index in [1.807, 2.05) is 48.5 Å². The number of H-pyrrole nitrogens is 2. The van der Waals surface area contributed by atoms with Gasteiger partial charge in [0.1, 0.15) is 12.1 Å². The van der Waals surface area contributed by atoms with E-state index in [9.17, 15) is 29.4 Å². The Hall–Kier alpha value is -4.68. The number of esters is 2. The molecule has 0 saturated carbocycles. The van der Waals surface area contributed by atoms with E-state index in [1.54, 1.807) is 12.4 Å². The second-order valence-corrected chi connectivity index (χ2v) is 9.19.